The van der Waals surface area contributed by atoms with Crippen molar-refractivity contribution in [2.45, 2.75) is 12.3 Å². The summed E-state index contributed by atoms with van der Waals surface area (Å²) in [5, 5.41) is 0. The molecule has 2 heterocycles. The van der Waals surface area contributed by atoms with E-state index < -0.39 is 0 Å². The van der Waals surface area contributed by atoms with Gasteiger partial charge in [0.1, 0.15) is 0 Å². The van der Waals surface area contributed by atoms with Gasteiger partial charge in [-0.1, -0.05) is 6.07 Å². The topological polar surface area (TPSA) is 25.2 Å². The Bertz CT molecular complexity index is 246. The summed E-state index contributed by atoms with van der Waals surface area (Å²) in [5.74, 6) is 0.538. The van der Waals surface area contributed by atoms with Gasteiger partial charge in [0.2, 0.25) is 0 Å². The Hall–Kier alpha value is -1.18. The molecule has 2 heteroatoms. The van der Waals surface area contributed by atoms with Crippen molar-refractivity contribution in [3.63, 3.8) is 0 Å². The average molecular weight is 146 g/mol. The Labute approximate surface area is 66.0 Å². The molecular formula is C9H10N2. The Kier molecular flexibility index (Phi) is 1.68. The quantitative estimate of drug-likeness (QED) is 0.591. The first-order valence-electron chi connectivity index (χ1n) is 3.86. The van der Waals surface area contributed by atoms with Gasteiger partial charge in [0.15, 0.2) is 0 Å². The molecule has 1 aliphatic rings. The second-order valence-electron chi connectivity index (χ2n) is 2.73. The maximum absolute atomic E-state index is 4.28. The summed E-state index contributed by atoms with van der Waals surface area (Å²) in [6.07, 6.45) is 4.88. The molecule has 0 amide bonds. The van der Waals surface area contributed by atoms with Crippen LogP contribution in [0.5, 0.6) is 0 Å². The zero-order chi connectivity index (χ0) is 7.52. The maximum atomic E-state index is 4.28. The second kappa shape index (κ2) is 2.82. The number of hydrogen-bond donors (Lipinski definition) is 0. The van der Waals surface area contributed by atoms with E-state index in [0.717, 1.165) is 13.0 Å². The van der Waals surface area contributed by atoms with E-state index in [9.17, 15) is 0 Å². The van der Waals surface area contributed by atoms with E-state index in [1.807, 2.05) is 24.5 Å². The molecule has 1 aromatic rings. The highest BCUT2D eigenvalue weighted by Crippen LogP contribution is 2.19. The number of hydrogen-bond acceptors (Lipinski definition) is 2. The molecule has 0 radical (unpaired) electrons. The lowest BCUT2D eigenvalue weighted by Gasteiger charge is -2.04. The van der Waals surface area contributed by atoms with Gasteiger partial charge < -0.3 is 0 Å². The summed E-state index contributed by atoms with van der Waals surface area (Å²) in [6, 6.07) is 6.04. The van der Waals surface area contributed by atoms with Crippen LogP contribution in [0.4, 0.5) is 0 Å². The zero-order valence-electron chi connectivity index (χ0n) is 6.27. The van der Waals surface area contributed by atoms with Gasteiger partial charge >= 0.3 is 0 Å². The van der Waals surface area contributed by atoms with Crippen LogP contribution in [0.2, 0.25) is 0 Å². The van der Waals surface area contributed by atoms with Gasteiger partial charge in [-0.3, -0.25) is 9.98 Å². The molecule has 0 N–H and O–H groups in total. The fraction of sp³-hybridized carbons (Fsp3) is 0.333. The number of aromatic nitrogens is 1. The molecule has 0 spiro atoms. The fourth-order valence-electron chi connectivity index (χ4n) is 1.31. The van der Waals surface area contributed by atoms with Crippen molar-refractivity contribution in [1.82, 2.24) is 4.98 Å². The standard InChI is InChI=1S/C9H10N2/c1-2-5-11-9(3-1)8-4-6-10-7-8/h1-3,5-6,8H,4,7H2. The minimum absolute atomic E-state index is 0.538. The van der Waals surface area contributed by atoms with Crippen molar-refractivity contribution in [2.75, 3.05) is 6.54 Å². The van der Waals surface area contributed by atoms with Crippen molar-refractivity contribution >= 4 is 6.21 Å². The second-order valence-corrected chi connectivity index (χ2v) is 2.73. The summed E-state index contributed by atoms with van der Waals surface area (Å²) in [7, 11) is 0. The van der Waals surface area contributed by atoms with E-state index in [4.69, 9.17) is 0 Å². The predicted octanol–water partition coefficient (Wildman–Crippen LogP) is 1.64. The normalized spacial score (nSPS) is 22.4. The van der Waals surface area contributed by atoms with Crippen LogP contribution in [-0.4, -0.2) is 17.7 Å². The first kappa shape index (κ1) is 6.53. The smallest absolute Gasteiger partial charge is 0.0472 e. The largest absolute Gasteiger partial charge is 0.297 e. The van der Waals surface area contributed by atoms with Gasteiger partial charge in [-0.05, 0) is 24.8 Å². The van der Waals surface area contributed by atoms with Gasteiger partial charge in [0.25, 0.3) is 0 Å². The fourth-order valence-corrected chi connectivity index (χ4v) is 1.31. The molecule has 1 aromatic heterocycles. The summed E-state index contributed by atoms with van der Waals surface area (Å²) in [5.41, 5.74) is 1.17. The number of pyridine rings is 1. The molecule has 0 saturated carbocycles. The minimum Gasteiger partial charge on any atom is -0.297 e. The zero-order valence-corrected chi connectivity index (χ0v) is 6.27. The van der Waals surface area contributed by atoms with Gasteiger partial charge in [0, 0.05) is 24.4 Å². The molecule has 2 nitrogen and oxygen atoms in total. The first-order chi connectivity index (χ1) is 5.47. The van der Waals surface area contributed by atoms with Crippen molar-refractivity contribution in [1.29, 1.82) is 0 Å². The number of nitrogens with zero attached hydrogens (tertiary/aromatic N) is 2. The summed E-state index contributed by atoms with van der Waals surface area (Å²) in [4.78, 5) is 8.46. The average Bonchev–Trinajstić information content (AvgIpc) is 2.58. The highest BCUT2D eigenvalue weighted by molar-refractivity contribution is 5.61. The van der Waals surface area contributed by atoms with E-state index in [0.29, 0.717) is 5.92 Å². The van der Waals surface area contributed by atoms with Crippen molar-refractivity contribution in [3.05, 3.63) is 30.1 Å². The lowest BCUT2D eigenvalue weighted by atomic mass is 10.0. The van der Waals surface area contributed by atoms with Gasteiger partial charge in [-0.25, -0.2) is 0 Å². The van der Waals surface area contributed by atoms with E-state index in [1.54, 1.807) is 0 Å². The van der Waals surface area contributed by atoms with Crippen LogP contribution in [0.1, 0.15) is 18.0 Å². The van der Waals surface area contributed by atoms with Crippen LogP contribution < -0.4 is 0 Å². The third kappa shape index (κ3) is 1.29. The summed E-state index contributed by atoms with van der Waals surface area (Å²) < 4.78 is 0. The number of aliphatic imine (C=N–C) groups is 1. The van der Waals surface area contributed by atoms with Crippen molar-refractivity contribution in [2.24, 2.45) is 4.99 Å². The Morgan fingerprint density at radius 1 is 1.36 bits per heavy atom. The van der Waals surface area contributed by atoms with Crippen LogP contribution >= 0.6 is 0 Å². The van der Waals surface area contributed by atoms with E-state index in [1.165, 1.54) is 5.69 Å². The highest BCUT2D eigenvalue weighted by atomic mass is 14.8. The molecule has 0 aliphatic carbocycles. The lowest BCUT2D eigenvalue weighted by molar-refractivity contribution is 0.750. The van der Waals surface area contributed by atoms with Crippen molar-refractivity contribution in [3.8, 4) is 0 Å². The van der Waals surface area contributed by atoms with Crippen LogP contribution in [-0.2, 0) is 0 Å². The minimum atomic E-state index is 0.538. The van der Waals surface area contributed by atoms with Crippen LogP contribution in [0.3, 0.4) is 0 Å². The highest BCUT2D eigenvalue weighted by Gasteiger charge is 2.13. The SMILES string of the molecule is C1=NCC(c2ccccn2)C1. The molecule has 56 valence electrons. The van der Waals surface area contributed by atoms with Gasteiger partial charge in [-0.2, -0.15) is 0 Å². The van der Waals surface area contributed by atoms with E-state index in [2.05, 4.69) is 16.0 Å². The summed E-state index contributed by atoms with van der Waals surface area (Å²) in [6.45, 7) is 0.914. The van der Waals surface area contributed by atoms with Gasteiger partial charge in [-0.15, -0.1) is 0 Å². The van der Waals surface area contributed by atoms with Crippen LogP contribution in [0.25, 0.3) is 0 Å². The predicted molar refractivity (Wildman–Crippen MR) is 45.0 cm³/mol. The third-order valence-corrected chi connectivity index (χ3v) is 1.95. The Balaban J connectivity index is 2.17. The number of rotatable bonds is 1. The molecule has 11 heavy (non-hydrogen) atoms. The molecule has 1 aliphatic heterocycles. The Morgan fingerprint density at radius 2 is 2.36 bits per heavy atom. The van der Waals surface area contributed by atoms with Crippen LogP contribution in [0.15, 0.2) is 29.4 Å². The Morgan fingerprint density at radius 3 is 3.00 bits per heavy atom. The molecule has 0 saturated heterocycles. The van der Waals surface area contributed by atoms with E-state index in [-0.39, 0.29) is 0 Å². The lowest BCUT2D eigenvalue weighted by Crippen LogP contribution is -1.99. The first-order valence-corrected chi connectivity index (χ1v) is 3.86. The molecule has 0 fully saturated rings. The monoisotopic (exact) mass is 146 g/mol. The third-order valence-electron chi connectivity index (χ3n) is 1.95. The van der Waals surface area contributed by atoms with Crippen molar-refractivity contribution < 1.29 is 0 Å². The molecule has 0 bridgehead atoms. The molecule has 1 unspecified atom stereocenters. The molecular weight excluding hydrogens is 136 g/mol. The van der Waals surface area contributed by atoms with E-state index >= 15 is 0 Å². The van der Waals surface area contributed by atoms with Gasteiger partial charge in [0.05, 0.1) is 0 Å². The summed E-state index contributed by atoms with van der Waals surface area (Å²) >= 11 is 0. The molecule has 1 atom stereocenters. The molecule has 0 aromatic carbocycles. The maximum Gasteiger partial charge on any atom is 0.0472 e. The van der Waals surface area contributed by atoms with Crippen LogP contribution in [0, 0.1) is 0 Å². The molecule has 2 rings (SSSR count).